The van der Waals surface area contributed by atoms with E-state index in [1.807, 2.05) is 6.07 Å². The SMILES string of the molecule is CC1(C)CCC(NCc2cc(F)cc(Cl)c2)CC1. The van der Waals surface area contributed by atoms with Crippen LogP contribution in [-0.2, 0) is 6.54 Å². The van der Waals surface area contributed by atoms with E-state index in [1.165, 1.54) is 31.7 Å². The molecule has 0 spiro atoms. The Labute approximate surface area is 114 Å². The molecule has 0 saturated heterocycles. The molecular formula is C15H21ClFN. The zero-order chi connectivity index (χ0) is 13.2. The second-order valence-corrected chi connectivity index (χ2v) is 6.53. The monoisotopic (exact) mass is 269 g/mol. The molecule has 0 aromatic heterocycles. The molecule has 0 heterocycles. The predicted molar refractivity (Wildman–Crippen MR) is 74.3 cm³/mol. The first-order chi connectivity index (χ1) is 8.44. The highest BCUT2D eigenvalue weighted by Gasteiger charge is 2.26. The summed E-state index contributed by atoms with van der Waals surface area (Å²) in [7, 11) is 0. The Morgan fingerprint density at radius 1 is 1.28 bits per heavy atom. The van der Waals surface area contributed by atoms with Gasteiger partial charge in [0.15, 0.2) is 0 Å². The fraction of sp³-hybridized carbons (Fsp3) is 0.600. The summed E-state index contributed by atoms with van der Waals surface area (Å²) in [5, 5.41) is 3.97. The molecule has 1 aliphatic carbocycles. The molecule has 1 nitrogen and oxygen atoms in total. The van der Waals surface area contributed by atoms with Crippen LogP contribution in [0.2, 0.25) is 5.02 Å². The van der Waals surface area contributed by atoms with E-state index in [9.17, 15) is 4.39 Å². The van der Waals surface area contributed by atoms with Gasteiger partial charge in [0.2, 0.25) is 0 Å². The number of benzene rings is 1. The molecule has 18 heavy (non-hydrogen) atoms. The molecule has 1 N–H and O–H groups in total. The number of hydrogen-bond donors (Lipinski definition) is 1. The van der Waals surface area contributed by atoms with Crippen LogP contribution in [0.5, 0.6) is 0 Å². The summed E-state index contributed by atoms with van der Waals surface area (Å²) in [4.78, 5) is 0. The molecule has 0 amide bonds. The van der Waals surface area contributed by atoms with Gasteiger partial charge in [-0.2, -0.15) is 0 Å². The topological polar surface area (TPSA) is 12.0 Å². The van der Waals surface area contributed by atoms with E-state index in [2.05, 4.69) is 19.2 Å². The van der Waals surface area contributed by atoms with Crippen LogP contribution in [0.15, 0.2) is 18.2 Å². The lowest BCUT2D eigenvalue weighted by atomic mass is 9.75. The van der Waals surface area contributed by atoms with Crippen molar-refractivity contribution in [1.29, 1.82) is 0 Å². The highest BCUT2D eigenvalue weighted by atomic mass is 35.5. The van der Waals surface area contributed by atoms with Crippen molar-refractivity contribution in [3.8, 4) is 0 Å². The van der Waals surface area contributed by atoms with E-state index in [0.29, 0.717) is 23.0 Å². The third-order valence-corrected chi connectivity index (χ3v) is 4.07. The molecule has 1 fully saturated rings. The zero-order valence-corrected chi connectivity index (χ0v) is 11.9. The van der Waals surface area contributed by atoms with Crippen molar-refractivity contribution in [1.82, 2.24) is 5.32 Å². The first-order valence-electron chi connectivity index (χ1n) is 6.63. The third kappa shape index (κ3) is 3.96. The van der Waals surface area contributed by atoms with Crippen molar-refractivity contribution in [2.75, 3.05) is 0 Å². The fourth-order valence-corrected chi connectivity index (χ4v) is 2.82. The molecule has 2 rings (SSSR count). The minimum absolute atomic E-state index is 0.260. The molecule has 100 valence electrons. The number of rotatable bonds is 3. The minimum Gasteiger partial charge on any atom is -0.310 e. The lowest BCUT2D eigenvalue weighted by Gasteiger charge is -2.34. The van der Waals surface area contributed by atoms with Crippen molar-refractivity contribution < 1.29 is 4.39 Å². The van der Waals surface area contributed by atoms with Crippen LogP contribution in [0.4, 0.5) is 4.39 Å². The molecule has 1 aromatic rings. The van der Waals surface area contributed by atoms with Gasteiger partial charge in [0.05, 0.1) is 0 Å². The highest BCUT2D eigenvalue weighted by Crippen LogP contribution is 2.35. The van der Waals surface area contributed by atoms with Crippen LogP contribution < -0.4 is 5.32 Å². The summed E-state index contributed by atoms with van der Waals surface area (Å²) in [5.41, 5.74) is 1.41. The van der Waals surface area contributed by atoms with E-state index in [-0.39, 0.29) is 5.82 Å². The van der Waals surface area contributed by atoms with Crippen LogP contribution in [-0.4, -0.2) is 6.04 Å². The maximum Gasteiger partial charge on any atom is 0.125 e. The summed E-state index contributed by atoms with van der Waals surface area (Å²) in [6.45, 7) is 5.35. The molecular weight excluding hydrogens is 249 g/mol. The van der Waals surface area contributed by atoms with Gasteiger partial charge in [0.25, 0.3) is 0 Å². The first kappa shape index (κ1) is 13.8. The third-order valence-electron chi connectivity index (χ3n) is 3.86. The molecule has 1 aromatic carbocycles. The lowest BCUT2D eigenvalue weighted by molar-refractivity contribution is 0.206. The smallest absolute Gasteiger partial charge is 0.125 e. The maximum atomic E-state index is 13.2. The van der Waals surface area contributed by atoms with E-state index >= 15 is 0 Å². The van der Waals surface area contributed by atoms with Gasteiger partial charge in [-0.25, -0.2) is 4.39 Å². The van der Waals surface area contributed by atoms with Gasteiger partial charge in [-0.3, -0.25) is 0 Å². The first-order valence-corrected chi connectivity index (χ1v) is 7.01. The summed E-state index contributed by atoms with van der Waals surface area (Å²) in [5.74, 6) is -0.260. The van der Waals surface area contributed by atoms with Crippen LogP contribution in [0.3, 0.4) is 0 Å². The molecule has 0 atom stereocenters. The Morgan fingerprint density at radius 2 is 1.94 bits per heavy atom. The van der Waals surface area contributed by atoms with Crippen LogP contribution in [0.1, 0.15) is 45.1 Å². The second kappa shape index (κ2) is 5.58. The maximum absolute atomic E-state index is 13.2. The van der Waals surface area contributed by atoms with Crippen LogP contribution in [0, 0.1) is 11.2 Å². The van der Waals surface area contributed by atoms with Crippen molar-refractivity contribution in [2.24, 2.45) is 5.41 Å². The standard InChI is InChI=1S/C15H21ClFN/c1-15(2)5-3-14(4-6-15)18-10-11-7-12(16)9-13(17)8-11/h7-9,14,18H,3-6,10H2,1-2H3. The van der Waals surface area contributed by atoms with Crippen molar-refractivity contribution in [3.63, 3.8) is 0 Å². The average molecular weight is 270 g/mol. The fourth-order valence-electron chi connectivity index (χ4n) is 2.58. The summed E-state index contributed by atoms with van der Waals surface area (Å²) in [6, 6.07) is 5.27. The molecule has 0 bridgehead atoms. The van der Waals surface area contributed by atoms with Gasteiger partial charge in [-0.05, 0) is 54.9 Å². The summed E-state index contributed by atoms with van der Waals surface area (Å²) < 4.78 is 13.2. The van der Waals surface area contributed by atoms with E-state index in [1.54, 1.807) is 6.07 Å². The zero-order valence-electron chi connectivity index (χ0n) is 11.1. The Bertz CT molecular complexity index is 387. The number of hydrogen-bond acceptors (Lipinski definition) is 1. The second-order valence-electron chi connectivity index (χ2n) is 6.10. The molecule has 3 heteroatoms. The van der Waals surface area contributed by atoms with Crippen molar-refractivity contribution in [2.45, 2.75) is 52.1 Å². The molecule has 0 aliphatic heterocycles. The van der Waals surface area contributed by atoms with Gasteiger partial charge >= 0.3 is 0 Å². The van der Waals surface area contributed by atoms with Gasteiger partial charge in [-0.15, -0.1) is 0 Å². The van der Waals surface area contributed by atoms with Gasteiger partial charge in [0, 0.05) is 17.6 Å². The van der Waals surface area contributed by atoms with Crippen LogP contribution in [0.25, 0.3) is 0 Å². The van der Waals surface area contributed by atoms with Gasteiger partial charge < -0.3 is 5.32 Å². The Morgan fingerprint density at radius 3 is 2.56 bits per heavy atom. The molecule has 1 aliphatic rings. The number of halogens is 2. The Balaban J connectivity index is 1.85. The normalized spacial score (nSPS) is 20.0. The van der Waals surface area contributed by atoms with E-state index < -0.39 is 0 Å². The van der Waals surface area contributed by atoms with Gasteiger partial charge in [-0.1, -0.05) is 25.4 Å². The van der Waals surface area contributed by atoms with E-state index in [4.69, 9.17) is 11.6 Å². The molecule has 1 saturated carbocycles. The van der Waals surface area contributed by atoms with Gasteiger partial charge in [0.1, 0.15) is 5.82 Å². The van der Waals surface area contributed by atoms with E-state index in [0.717, 1.165) is 5.56 Å². The minimum atomic E-state index is -0.260. The van der Waals surface area contributed by atoms with Crippen molar-refractivity contribution in [3.05, 3.63) is 34.6 Å². The Kier molecular flexibility index (Phi) is 4.29. The molecule has 0 unspecified atom stereocenters. The lowest BCUT2D eigenvalue weighted by Crippen LogP contribution is -2.35. The largest absolute Gasteiger partial charge is 0.310 e. The van der Waals surface area contributed by atoms with Crippen LogP contribution >= 0.6 is 11.6 Å². The average Bonchev–Trinajstić information content (AvgIpc) is 2.26. The Hall–Kier alpha value is -0.600. The molecule has 0 radical (unpaired) electrons. The number of nitrogens with one attached hydrogen (secondary N) is 1. The predicted octanol–water partition coefficient (Wildman–Crippen LogP) is 4.54. The van der Waals surface area contributed by atoms with Crippen molar-refractivity contribution >= 4 is 11.6 Å². The quantitative estimate of drug-likeness (QED) is 0.850. The highest BCUT2D eigenvalue weighted by molar-refractivity contribution is 6.30. The summed E-state index contributed by atoms with van der Waals surface area (Å²) >= 11 is 5.84. The summed E-state index contributed by atoms with van der Waals surface area (Å²) in [6.07, 6.45) is 4.93.